The van der Waals surface area contributed by atoms with Crippen LogP contribution in [0.15, 0.2) is 46.9 Å². The minimum absolute atomic E-state index is 0.392. The molecule has 0 aromatic heterocycles. The van der Waals surface area contributed by atoms with Gasteiger partial charge in [-0.2, -0.15) is 0 Å². The van der Waals surface area contributed by atoms with Gasteiger partial charge in [0.1, 0.15) is 12.4 Å². The monoisotopic (exact) mass is 319 g/mol. The Morgan fingerprint density at radius 1 is 1.26 bits per heavy atom. The smallest absolute Gasteiger partial charge is 0.248 e. The fraction of sp³-hybridized carbons (Fsp3) is 0.133. The molecule has 4 heteroatoms. The third-order valence-electron chi connectivity index (χ3n) is 2.69. The maximum atomic E-state index is 11.1. The van der Waals surface area contributed by atoms with Crippen molar-refractivity contribution in [2.75, 3.05) is 0 Å². The number of benzene rings is 2. The number of nitrogens with two attached hydrogens (primary N) is 1. The van der Waals surface area contributed by atoms with Crippen LogP contribution in [0, 0.1) is 6.92 Å². The van der Waals surface area contributed by atoms with Crippen molar-refractivity contribution in [1.29, 1.82) is 0 Å². The fourth-order valence-electron chi connectivity index (χ4n) is 1.70. The summed E-state index contributed by atoms with van der Waals surface area (Å²) in [4.78, 5) is 11.1. The predicted octanol–water partition coefficient (Wildman–Crippen LogP) is 3.44. The second-order valence-corrected chi connectivity index (χ2v) is 5.14. The Hall–Kier alpha value is -1.81. The molecule has 98 valence electrons. The molecular formula is C15H14BrNO2. The first-order valence-electron chi connectivity index (χ1n) is 5.84. The van der Waals surface area contributed by atoms with Crippen LogP contribution in [0.25, 0.3) is 0 Å². The molecule has 2 rings (SSSR count). The van der Waals surface area contributed by atoms with Gasteiger partial charge in [-0.05, 0) is 58.2 Å². The maximum absolute atomic E-state index is 11.1. The number of hydrogen-bond donors (Lipinski definition) is 1. The van der Waals surface area contributed by atoms with Gasteiger partial charge in [-0.3, -0.25) is 4.79 Å². The van der Waals surface area contributed by atoms with Gasteiger partial charge in [0.2, 0.25) is 5.91 Å². The molecule has 0 aliphatic heterocycles. The highest BCUT2D eigenvalue weighted by Crippen LogP contribution is 2.26. The highest BCUT2D eigenvalue weighted by atomic mass is 79.9. The molecule has 3 nitrogen and oxygen atoms in total. The predicted molar refractivity (Wildman–Crippen MR) is 78.2 cm³/mol. The molecule has 0 spiro atoms. The summed E-state index contributed by atoms with van der Waals surface area (Å²) in [6, 6.07) is 13.0. The zero-order valence-electron chi connectivity index (χ0n) is 10.5. The SMILES string of the molecule is Cc1ccc(OCc2cccc(C(N)=O)c2)c(Br)c1. The summed E-state index contributed by atoms with van der Waals surface area (Å²) in [5.74, 6) is 0.341. The standard InChI is InChI=1S/C15H14BrNO2/c1-10-5-6-14(13(16)7-10)19-9-11-3-2-4-12(8-11)15(17)18/h2-8H,9H2,1H3,(H2,17,18). The van der Waals surface area contributed by atoms with Crippen molar-refractivity contribution in [2.45, 2.75) is 13.5 Å². The molecular weight excluding hydrogens is 306 g/mol. The summed E-state index contributed by atoms with van der Waals surface area (Å²) in [5, 5.41) is 0. The highest BCUT2D eigenvalue weighted by molar-refractivity contribution is 9.10. The van der Waals surface area contributed by atoms with Gasteiger partial charge in [-0.25, -0.2) is 0 Å². The first-order valence-corrected chi connectivity index (χ1v) is 6.63. The Labute approximate surface area is 120 Å². The molecule has 0 fully saturated rings. The van der Waals surface area contributed by atoms with Crippen molar-refractivity contribution < 1.29 is 9.53 Å². The minimum Gasteiger partial charge on any atom is -0.488 e. The Balaban J connectivity index is 2.10. The van der Waals surface area contributed by atoms with Crippen LogP contribution in [0.4, 0.5) is 0 Å². The molecule has 2 aromatic carbocycles. The fourth-order valence-corrected chi connectivity index (χ4v) is 2.31. The van der Waals surface area contributed by atoms with Crippen LogP contribution in [0.3, 0.4) is 0 Å². The van der Waals surface area contributed by atoms with Crippen LogP contribution in [0.2, 0.25) is 0 Å². The third kappa shape index (κ3) is 3.58. The molecule has 0 aliphatic carbocycles. The van der Waals surface area contributed by atoms with Gasteiger partial charge in [-0.1, -0.05) is 18.2 Å². The summed E-state index contributed by atoms with van der Waals surface area (Å²) in [6.07, 6.45) is 0. The highest BCUT2D eigenvalue weighted by Gasteiger charge is 2.04. The molecule has 0 saturated carbocycles. The second kappa shape index (κ2) is 5.89. The average Bonchev–Trinajstić information content (AvgIpc) is 2.38. The van der Waals surface area contributed by atoms with Crippen molar-refractivity contribution in [3.8, 4) is 5.75 Å². The third-order valence-corrected chi connectivity index (χ3v) is 3.31. The first kappa shape index (κ1) is 13.6. The quantitative estimate of drug-likeness (QED) is 0.938. The number of amides is 1. The van der Waals surface area contributed by atoms with E-state index in [4.69, 9.17) is 10.5 Å². The summed E-state index contributed by atoms with van der Waals surface area (Å²) in [5.41, 5.74) is 7.80. The van der Waals surface area contributed by atoms with Gasteiger partial charge >= 0.3 is 0 Å². The van der Waals surface area contributed by atoms with E-state index in [9.17, 15) is 4.79 Å². The number of primary amides is 1. The van der Waals surface area contributed by atoms with Crippen LogP contribution in [0.1, 0.15) is 21.5 Å². The van der Waals surface area contributed by atoms with Crippen molar-refractivity contribution in [3.63, 3.8) is 0 Å². The number of rotatable bonds is 4. The molecule has 0 aliphatic rings. The van der Waals surface area contributed by atoms with E-state index in [1.807, 2.05) is 31.2 Å². The number of hydrogen-bond acceptors (Lipinski definition) is 2. The van der Waals surface area contributed by atoms with E-state index < -0.39 is 5.91 Å². The maximum Gasteiger partial charge on any atom is 0.248 e. The molecule has 0 heterocycles. The summed E-state index contributed by atoms with van der Waals surface area (Å²) in [7, 11) is 0. The number of halogens is 1. The lowest BCUT2D eigenvalue weighted by atomic mass is 10.1. The second-order valence-electron chi connectivity index (χ2n) is 4.29. The van der Waals surface area contributed by atoms with Crippen LogP contribution in [0.5, 0.6) is 5.75 Å². The molecule has 19 heavy (non-hydrogen) atoms. The minimum atomic E-state index is -0.432. The largest absolute Gasteiger partial charge is 0.488 e. The van der Waals surface area contributed by atoms with E-state index in [1.54, 1.807) is 18.2 Å². The van der Waals surface area contributed by atoms with Crippen molar-refractivity contribution in [2.24, 2.45) is 5.73 Å². The van der Waals surface area contributed by atoms with Crippen LogP contribution < -0.4 is 10.5 Å². The van der Waals surface area contributed by atoms with E-state index in [-0.39, 0.29) is 0 Å². The van der Waals surface area contributed by atoms with Gasteiger partial charge in [0.25, 0.3) is 0 Å². The van der Waals surface area contributed by atoms with Gasteiger partial charge in [0.05, 0.1) is 4.47 Å². The number of aryl methyl sites for hydroxylation is 1. The molecule has 0 atom stereocenters. The summed E-state index contributed by atoms with van der Waals surface area (Å²) < 4.78 is 6.63. The Bertz CT molecular complexity index is 611. The Morgan fingerprint density at radius 2 is 2.05 bits per heavy atom. The average molecular weight is 320 g/mol. The summed E-state index contributed by atoms with van der Waals surface area (Å²) >= 11 is 3.46. The van der Waals surface area contributed by atoms with E-state index in [2.05, 4.69) is 15.9 Å². The van der Waals surface area contributed by atoms with Gasteiger partial charge < -0.3 is 10.5 Å². The molecule has 2 aromatic rings. The lowest BCUT2D eigenvalue weighted by Crippen LogP contribution is -2.11. The number of carbonyl (C=O) groups excluding carboxylic acids is 1. The normalized spacial score (nSPS) is 10.2. The number of carbonyl (C=O) groups is 1. The van der Waals surface area contributed by atoms with Gasteiger partial charge in [0.15, 0.2) is 0 Å². The van der Waals surface area contributed by atoms with Crippen molar-refractivity contribution >= 4 is 21.8 Å². The van der Waals surface area contributed by atoms with Crippen LogP contribution in [-0.2, 0) is 6.61 Å². The van der Waals surface area contributed by atoms with Crippen molar-refractivity contribution in [1.82, 2.24) is 0 Å². The molecule has 0 radical (unpaired) electrons. The molecule has 0 unspecified atom stereocenters. The first-order chi connectivity index (χ1) is 9.06. The summed E-state index contributed by atoms with van der Waals surface area (Å²) in [6.45, 7) is 2.41. The molecule has 0 bridgehead atoms. The van der Waals surface area contributed by atoms with Crippen LogP contribution >= 0.6 is 15.9 Å². The lowest BCUT2D eigenvalue weighted by molar-refractivity contribution is 0.1000. The van der Waals surface area contributed by atoms with E-state index in [0.29, 0.717) is 12.2 Å². The zero-order valence-corrected chi connectivity index (χ0v) is 12.1. The Kier molecular flexibility index (Phi) is 4.22. The van der Waals surface area contributed by atoms with E-state index in [1.165, 1.54) is 0 Å². The van der Waals surface area contributed by atoms with Crippen LogP contribution in [-0.4, -0.2) is 5.91 Å². The molecule has 1 amide bonds. The van der Waals surface area contributed by atoms with Gasteiger partial charge in [0, 0.05) is 5.56 Å². The van der Waals surface area contributed by atoms with Crippen molar-refractivity contribution in [3.05, 3.63) is 63.6 Å². The zero-order chi connectivity index (χ0) is 13.8. The van der Waals surface area contributed by atoms with E-state index in [0.717, 1.165) is 21.3 Å². The Morgan fingerprint density at radius 3 is 2.74 bits per heavy atom. The topological polar surface area (TPSA) is 52.3 Å². The van der Waals surface area contributed by atoms with E-state index >= 15 is 0 Å². The molecule has 0 saturated heterocycles. The molecule has 2 N–H and O–H groups in total. The number of ether oxygens (including phenoxy) is 1. The lowest BCUT2D eigenvalue weighted by Gasteiger charge is -2.09. The van der Waals surface area contributed by atoms with Gasteiger partial charge in [-0.15, -0.1) is 0 Å².